The summed E-state index contributed by atoms with van der Waals surface area (Å²) in [6.07, 6.45) is 4.43. The lowest BCUT2D eigenvalue weighted by atomic mass is 10.2. The summed E-state index contributed by atoms with van der Waals surface area (Å²) >= 11 is 1.48. The summed E-state index contributed by atoms with van der Waals surface area (Å²) in [5.41, 5.74) is 3.25. The van der Waals surface area contributed by atoms with E-state index in [-0.39, 0.29) is 11.2 Å². The third kappa shape index (κ3) is 4.05. The SMILES string of the molecule is CC(C)Cn1c(S[C@@H](C)C(=O)N2CCc3ccccc32)nnc1-c1ccncc1. The number of hydrogen-bond donors (Lipinski definition) is 0. The molecule has 0 N–H and O–H groups in total. The normalized spacial score (nSPS) is 14.3. The highest BCUT2D eigenvalue weighted by atomic mass is 32.2. The van der Waals surface area contributed by atoms with Crippen molar-refractivity contribution in [2.24, 2.45) is 5.92 Å². The lowest BCUT2D eigenvalue weighted by molar-refractivity contribution is -0.117. The van der Waals surface area contributed by atoms with E-state index in [1.54, 1.807) is 12.4 Å². The number of carbonyl (C=O) groups excluding carboxylic acids is 1. The number of thioether (sulfide) groups is 1. The van der Waals surface area contributed by atoms with E-state index in [1.165, 1.54) is 17.3 Å². The Labute approximate surface area is 175 Å². The van der Waals surface area contributed by atoms with E-state index in [4.69, 9.17) is 0 Å². The molecule has 0 radical (unpaired) electrons. The number of para-hydroxylation sites is 1. The fraction of sp³-hybridized carbons (Fsp3) is 0.364. The summed E-state index contributed by atoms with van der Waals surface area (Å²) in [7, 11) is 0. The minimum Gasteiger partial charge on any atom is -0.311 e. The molecule has 3 aromatic rings. The Kier molecular flexibility index (Phi) is 5.67. The second kappa shape index (κ2) is 8.37. The Morgan fingerprint density at radius 1 is 1.10 bits per heavy atom. The summed E-state index contributed by atoms with van der Waals surface area (Å²) in [5.74, 6) is 1.36. The number of nitrogens with zero attached hydrogens (tertiary/aromatic N) is 5. The van der Waals surface area contributed by atoms with Gasteiger partial charge < -0.3 is 9.47 Å². The summed E-state index contributed by atoms with van der Waals surface area (Å²) in [6.45, 7) is 7.82. The second-order valence-electron chi connectivity index (χ2n) is 7.68. The first kappa shape index (κ1) is 19.6. The lowest BCUT2D eigenvalue weighted by Gasteiger charge is -2.21. The summed E-state index contributed by atoms with van der Waals surface area (Å²) in [5, 5.41) is 9.38. The summed E-state index contributed by atoms with van der Waals surface area (Å²) < 4.78 is 2.12. The van der Waals surface area contributed by atoms with Crippen LogP contribution in [0.15, 0.2) is 53.9 Å². The molecule has 1 atom stereocenters. The van der Waals surface area contributed by atoms with Gasteiger partial charge in [0, 0.05) is 36.7 Å². The number of pyridine rings is 1. The van der Waals surface area contributed by atoms with Gasteiger partial charge in [0.05, 0.1) is 5.25 Å². The largest absolute Gasteiger partial charge is 0.311 e. The van der Waals surface area contributed by atoms with Gasteiger partial charge in [0.25, 0.3) is 0 Å². The number of amides is 1. The van der Waals surface area contributed by atoms with Crippen molar-refractivity contribution >= 4 is 23.4 Å². The molecule has 1 amide bonds. The van der Waals surface area contributed by atoms with Crippen LogP contribution in [0.4, 0.5) is 5.69 Å². The molecular weight excluding hydrogens is 382 g/mol. The van der Waals surface area contributed by atoms with Crippen molar-refractivity contribution in [3.63, 3.8) is 0 Å². The molecule has 1 aliphatic heterocycles. The zero-order valence-electron chi connectivity index (χ0n) is 16.9. The molecule has 1 aromatic carbocycles. The molecule has 0 fully saturated rings. The smallest absolute Gasteiger partial charge is 0.240 e. The third-order valence-corrected chi connectivity index (χ3v) is 6.05. The van der Waals surface area contributed by atoms with Crippen LogP contribution in [0.25, 0.3) is 11.4 Å². The van der Waals surface area contributed by atoms with Crippen LogP contribution in [-0.2, 0) is 17.8 Å². The van der Waals surface area contributed by atoms with Crippen LogP contribution in [0, 0.1) is 5.92 Å². The van der Waals surface area contributed by atoms with Crippen LogP contribution in [0.5, 0.6) is 0 Å². The molecule has 0 unspecified atom stereocenters. The summed E-state index contributed by atoms with van der Waals surface area (Å²) in [4.78, 5) is 19.2. The van der Waals surface area contributed by atoms with E-state index in [0.29, 0.717) is 5.92 Å². The zero-order chi connectivity index (χ0) is 20.4. The van der Waals surface area contributed by atoms with Crippen molar-refractivity contribution in [3.05, 3.63) is 54.4 Å². The van der Waals surface area contributed by atoms with Gasteiger partial charge in [-0.15, -0.1) is 10.2 Å². The molecule has 4 rings (SSSR count). The maximum Gasteiger partial charge on any atom is 0.240 e. The fourth-order valence-corrected chi connectivity index (χ4v) is 4.54. The van der Waals surface area contributed by atoms with E-state index in [0.717, 1.165) is 41.7 Å². The molecule has 7 heteroatoms. The van der Waals surface area contributed by atoms with Gasteiger partial charge in [-0.25, -0.2) is 0 Å². The van der Waals surface area contributed by atoms with Crippen molar-refractivity contribution in [1.29, 1.82) is 0 Å². The second-order valence-corrected chi connectivity index (χ2v) is 8.98. The number of fused-ring (bicyclic) bond motifs is 1. The quantitative estimate of drug-likeness (QED) is 0.577. The van der Waals surface area contributed by atoms with E-state index in [1.807, 2.05) is 42.2 Å². The predicted molar refractivity (Wildman–Crippen MR) is 116 cm³/mol. The first-order valence-electron chi connectivity index (χ1n) is 9.94. The lowest BCUT2D eigenvalue weighted by Crippen LogP contribution is -2.35. The molecule has 29 heavy (non-hydrogen) atoms. The first-order valence-corrected chi connectivity index (χ1v) is 10.8. The Balaban J connectivity index is 1.57. The van der Waals surface area contributed by atoms with Crippen LogP contribution in [0.3, 0.4) is 0 Å². The molecular formula is C22H25N5OS. The highest BCUT2D eigenvalue weighted by Crippen LogP contribution is 2.32. The Bertz CT molecular complexity index is 1000. The Hall–Kier alpha value is -2.67. The molecule has 0 bridgehead atoms. The first-order chi connectivity index (χ1) is 14.0. The topological polar surface area (TPSA) is 63.9 Å². The predicted octanol–water partition coefficient (Wildman–Crippen LogP) is 4.07. The maximum atomic E-state index is 13.2. The highest BCUT2D eigenvalue weighted by Gasteiger charge is 2.29. The minimum atomic E-state index is -0.249. The monoisotopic (exact) mass is 407 g/mol. The van der Waals surface area contributed by atoms with Gasteiger partial charge in [0.2, 0.25) is 5.91 Å². The van der Waals surface area contributed by atoms with Crippen molar-refractivity contribution in [1.82, 2.24) is 19.7 Å². The molecule has 0 spiro atoms. The summed E-state index contributed by atoms with van der Waals surface area (Å²) in [6, 6.07) is 12.0. The van der Waals surface area contributed by atoms with Gasteiger partial charge in [0.1, 0.15) is 0 Å². The average molecular weight is 408 g/mol. The molecule has 150 valence electrons. The minimum absolute atomic E-state index is 0.115. The average Bonchev–Trinajstić information content (AvgIpc) is 3.32. The molecule has 2 aromatic heterocycles. The van der Waals surface area contributed by atoms with Gasteiger partial charge in [0.15, 0.2) is 11.0 Å². The maximum absolute atomic E-state index is 13.2. The standard InChI is InChI=1S/C22H25N5OS/c1-15(2)14-27-20(18-8-11-23-12-9-18)24-25-22(27)29-16(3)21(28)26-13-10-17-6-4-5-7-19(17)26/h4-9,11-12,15-16H,10,13-14H2,1-3H3/t16-/m0/s1. The van der Waals surface area contributed by atoms with Crippen molar-refractivity contribution in [2.75, 3.05) is 11.4 Å². The van der Waals surface area contributed by atoms with Gasteiger partial charge in [-0.1, -0.05) is 43.8 Å². The third-order valence-electron chi connectivity index (χ3n) is 4.99. The number of carbonyl (C=O) groups is 1. The number of benzene rings is 1. The van der Waals surface area contributed by atoms with Gasteiger partial charge >= 0.3 is 0 Å². The number of aromatic nitrogens is 4. The van der Waals surface area contributed by atoms with E-state index in [9.17, 15) is 4.79 Å². The molecule has 0 saturated heterocycles. The van der Waals surface area contributed by atoms with Gasteiger partial charge in [-0.05, 0) is 43.0 Å². The Morgan fingerprint density at radius 2 is 1.86 bits per heavy atom. The van der Waals surface area contributed by atoms with Crippen molar-refractivity contribution < 1.29 is 4.79 Å². The molecule has 6 nitrogen and oxygen atoms in total. The van der Waals surface area contributed by atoms with Crippen molar-refractivity contribution in [3.8, 4) is 11.4 Å². The van der Waals surface area contributed by atoms with Crippen LogP contribution in [0.1, 0.15) is 26.3 Å². The van der Waals surface area contributed by atoms with Crippen molar-refractivity contribution in [2.45, 2.75) is 44.1 Å². The molecule has 0 aliphatic carbocycles. The molecule has 1 aliphatic rings. The number of rotatable bonds is 6. The van der Waals surface area contributed by atoms with Crippen LogP contribution < -0.4 is 4.90 Å². The van der Waals surface area contributed by atoms with Gasteiger partial charge in [-0.3, -0.25) is 9.78 Å². The van der Waals surface area contributed by atoms with E-state index < -0.39 is 0 Å². The van der Waals surface area contributed by atoms with E-state index >= 15 is 0 Å². The molecule has 0 saturated carbocycles. The van der Waals surface area contributed by atoms with Crippen LogP contribution >= 0.6 is 11.8 Å². The highest BCUT2D eigenvalue weighted by molar-refractivity contribution is 8.00. The number of anilines is 1. The van der Waals surface area contributed by atoms with Gasteiger partial charge in [-0.2, -0.15) is 0 Å². The van der Waals surface area contributed by atoms with Crippen LogP contribution in [0.2, 0.25) is 0 Å². The van der Waals surface area contributed by atoms with E-state index in [2.05, 4.69) is 39.7 Å². The fourth-order valence-electron chi connectivity index (χ4n) is 3.62. The Morgan fingerprint density at radius 3 is 2.62 bits per heavy atom. The zero-order valence-corrected chi connectivity index (χ0v) is 17.8. The number of hydrogen-bond acceptors (Lipinski definition) is 5. The molecule has 3 heterocycles. The van der Waals surface area contributed by atoms with Crippen LogP contribution in [-0.4, -0.2) is 37.5 Å².